The molecule has 0 radical (unpaired) electrons. The third-order valence-corrected chi connectivity index (χ3v) is 7.40. The van der Waals surface area contributed by atoms with Crippen LogP contribution in [0.1, 0.15) is 40.0 Å². The van der Waals surface area contributed by atoms with Crippen LogP contribution in [0.2, 0.25) is 0 Å². The Balaban J connectivity index is 1.89. The highest BCUT2D eigenvalue weighted by atomic mass is 19.1. The summed E-state index contributed by atoms with van der Waals surface area (Å²) < 4.78 is 31.4. The predicted molar refractivity (Wildman–Crippen MR) is 87.2 cm³/mol. The van der Waals surface area contributed by atoms with E-state index < -0.39 is 34.4 Å². The standard InChI is InChI=1S/C20H22F2O3/c1-10-6-12-13-8-15(21)14-7-11(23)4-5-19(14,3)20(13,22)16(24)9-18(12,2)17(10)25/h4-5,7,10,12-13,15H,6,8-9H2,1-3H3/t10-,12+,13+,15+,18+,19+,20+/m1/s1. The van der Waals surface area contributed by atoms with Gasteiger partial charge in [-0.05, 0) is 43.4 Å². The Hall–Kier alpha value is -1.65. The fraction of sp³-hybridized carbons (Fsp3) is 0.650. The van der Waals surface area contributed by atoms with E-state index in [0.717, 1.165) is 6.08 Å². The molecule has 0 aromatic heterocycles. The first-order valence-electron chi connectivity index (χ1n) is 8.91. The Labute approximate surface area is 145 Å². The molecule has 0 aliphatic heterocycles. The molecular formula is C20H22F2O3. The van der Waals surface area contributed by atoms with Gasteiger partial charge in [0.05, 0.1) is 5.41 Å². The quantitative estimate of drug-likeness (QED) is 0.675. The Bertz CT molecular complexity index is 769. The molecule has 0 saturated heterocycles. The number of fused-ring (bicyclic) bond motifs is 5. The number of allylic oxidation sites excluding steroid dienone is 4. The summed E-state index contributed by atoms with van der Waals surface area (Å²) in [7, 11) is 0. The molecule has 134 valence electrons. The van der Waals surface area contributed by atoms with Crippen LogP contribution in [0.3, 0.4) is 0 Å². The third kappa shape index (κ3) is 1.77. The number of rotatable bonds is 0. The molecule has 0 spiro atoms. The lowest BCUT2D eigenvalue weighted by Gasteiger charge is -2.58. The van der Waals surface area contributed by atoms with Crippen molar-refractivity contribution < 1.29 is 23.2 Å². The highest BCUT2D eigenvalue weighted by molar-refractivity contribution is 6.04. The number of carbonyl (C=O) groups is 3. The molecule has 5 heteroatoms. The van der Waals surface area contributed by atoms with E-state index in [4.69, 9.17) is 0 Å². The van der Waals surface area contributed by atoms with Gasteiger partial charge < -0.3 is 0 Å². The minimum atomic E-state index is -2.27. The van der Waals surface area contributed by atoms with E-state index in [9.17, 15) is 18.8 Å². The van der Waals surface area contributed by atoms with Gasteiger partial charge in [-0.25, -0.2) is 8.78 Å². The van der Waals surface area contributed by atoms with Crippen molar-refractivity contribution in [3.8, 4) is 0 Å². The molecule has 25 heavy (non-hydrogen) atoms. The monoisotopic (exact) mass is 348 g/mol. The first-order chi connectivity index (χ1) is 11.6. The molecule has 3 fully saturated rings. The second-order valence-electron chi connectivity index (χ2n) is 8.68. The molecule has 0 heterocycles. The molecule has 0 aromatic carbocycles. The second-order valence-corrected chi connectivity index (χ2v) is 8.68. The maximum Gasteiger partial charge on any atom is 0.184 e. The van der Waals surface area contributed by atoms with E-state index in [0.29, 0.717) is 6.42 Å². The summed E-state index contributed by atoms with van der Waals surface area (Å²) in [5.41, 5.74) is -4.57. The smallest absolute Gasteiger partial charge is 0.184 e. The highest BCUT2D eigenvalue weighted by Crippen LogP contribution is 2.66. The SMILES string of the molecule is C[C@@H]1C[C@H]2[C@@H]3C[C@H](F)C4=CC(=O)C=C[C@]4(C)[C@@]3(F)C(=O)C[C@]2(C)C1=O. The molecule has 0 bridgehead atoms. The van der Waals surface area contributed by atoms with Gasteiger partial charge in [0.2, 0.25) is 0 Å². The van der Waals surface area contributed by atoms with Gasteiger partial charge in [-0.15, -0.1) is 0 Å². The van der Waals surface area contributed by atoms with Crippen molar-refractivity contribution >= 4 is 17.3 Å². The molecule has 0 aromatic rings. The zero-order chi connectivity index (χ0) is 18.4. The third-order valence-electron chi connectivity index (χ3n) is 7.40. The first-order valence-corrected chi connectivity index (χ1v) is 8.91. The summed E-state index contributed by atoms with van der Waals surface area (Å²) in [6.45, 7) is 5.06. The lowest BCUT2D eigenvalue weighted by molar-refractivity contribution is -0.169. The predicted octanol–water partition coefficient (Wildman–Crippen LogP) is 3.33. The van der Waals surface area contributed by atoms with Crippen molar-refractivity contribution in [1.82, 2.24) is 0 Å². The fourth-order valence-corrected chi connectivity index (χ4v) is 6.06. The van der Waals surface area contributed by atoms with Crippen LogP contribution in [0.5, 0.6) is 0 Å². The van der Waals surface area contributed by atoms with Crippen LogP contribution in [0.4, 0.5) is 8.78 Å². The first kappa shape index (κ1) is 16.8. The van der Waals surface area contributed by atoms with Gasteiger partial charge in [-0.1, -0.05) is 19.9 Å². The Kier molecular flexibility index (Phi) is 3.19. The molecule has 7 atom stereocenters. The van der Waals surface area contributed by atoms with E-state index in [2.05, 4.69) is 0 Å². The normalized spacial score (nSPS) is 51.7. The van der Waals surface area contributed by atoms with Crippen LogP contribution in [0, 0.1) is 28.6 Å². The summed E-state index contributed by atoms with van der Waals surface area (Å²) in [6, 6.07) is 0. The maximum atomic E-state index is 16.5. The second kappa shape index (κ2) is 4.74. The highest BCUT2D eigenvalue weighted by Gasteiger charge is 2.72. The Morgan fingerprint density at radius 3 is 2.48 bits per heavy atom. The van der Waals surface area contributed by atoms with E-state index in [1.165, 1.54) is 19.1 Å². The lowest BCUT2D eigenvalue weighted by Crippen LogP contribution is -2.66. The summed E-state index contributed by atoms with van der Waals surface area (Å²) in [6.07, 6.45) is 2.46. The number of hydrogen-bond donors (Lipinski definition) is 0. The molecule has 0 amide bonds. The molecule has 4 rings (SSSR count). The lowest BCUT2D eigenvalue weighted by atomic mass is 9.46. The van der Waals surface area contributed by atoms with Gasteiger partial charge in [0.25, 0.3) is 0 Å². The van der Waals surface area contributed by atoms with E-state index in [-0.39, 0.29) is 41.8 Å². The molecule has 3 nitrogen and oxygen atoms in total. The molecule has 4 aliphatic rings. The number of halogens is 2. The van der Waals surface area contributed by atoms with Crippen LogP contribution in [0.25, 0.3) is 0 Å². The van der Waals surface area contributed by atoms with Crippen LogP contribution in [-0.4, -0.2) is 29.2 Å². The Morgan fingerprint density at radius 1 is 1.12 bits per heavy atom. The van der Waals surface area contributed by atoms with Crippen molar-refractivity contribution in [2.45, 2.75) is 51.9 Å². The van der Waals surface area contributed by atoms with Crippen LogP contribution in [0.15, 0.2) is 23.8 Å². The van der Waals surface area contributed by atoms with Gasteiger partial charge in [-0.3, -0.25) is 14.4 Å². The van der Waals surface area contributed by atoms with E-state index in [1.54, 1.807) is 13.8 Å². The number of hydrogen-bond acceptors (Lipinski definition) is 3. The van der Waals surface area contributed by atoms with Gasteiger partial charge in [-0.2, -0.15) is 0 Å². The molecule has 4 aliphatic carbocycles. The van der Waals surface area contributed by atoms with Crippen molar-refractivity contribution in [3.63, 3.8) is 0 Å². The van der Waals surface area contributed by atoms with Gasteiger partial charge in [0.15, 0.2) is 17.2 Å². The maximum absolute atomic E-state index is 16.5. The summed E-state index contributed by atoms with van der Waals surface area (Å²) in [5.74, 6) is -2.45. The minimum Gasteiger partial charge on any atom is -0.299 e. The van der Waals surface area contributed by atoms with Crippen molar-refractivity contribution in [2.75, 3.05) is 0 Å². The zero-order valence-corrected chi connectivity index (χ0v) is 14.6. The molecular weight excluding hydrogens is 326 g/mol. The fourth-order valence-electron chi connectivity index (χ4n) is 6.06. The zero-order valence-electron chi connectivity index (χ0n) is 14.6. The number of ketones is 3. The van der Waals surface area contributed by atoms with Gasteiger partial charge in [0, 0.05) is 23.7 Å². The Morgan fingerprint density at radius 2 is 1.80 bits per heavy atom. The molecule has 0 unspecified atom stereocenters. The van der Waals surface area contributed by atoms with Crippen LogP contribution >= 0.6 is 0 Å². The largest absolute Gasteiger partial charge is 0.299 e. The van der Waals surface area contributed by atoms with E-state index in [1.807, 2.05) is 0 Å². The molecule has 3 saturated carbocycles. The van der Waals surface area contributed by atoms with Crippen molar-refractivity contribution in [1.29, 1.82) is 0 Å². The summed E-state index contributed by atoms with van der Waals surface area (Å²) in [5, 5.41) is 0. The van der Waals surface area contributed by atoms with Crippen molar-refractivity contribution in [3.05, 3.63) is 23.8 Å². The number of alkyl halides is 2. The minimum absolute atomic E-state index is 0.0100. The summed E-state index contributed by atoms with van der Waals surface area (Å²) >= 11 is 0. The number of Topliss-reactive ketones (excluding diaryl/α,β-unsaturated/α-hetero) is 2. The topological polar surface area (TPSA) is 51.2 Å². The van der Waals surface area contributed by atoms with Gasteiger partial charge in [0.1, 0.15) is 12.0 Å². The van der Waals surface area contributed by atoms with Gasteiger partial charge >= 0.3 is 0 Å². The van der Waals surface area contributed by atoms with E-state index >= 15 is 4.39 Å². The summed E-state index contributed by atoms with van der Waals surface area (Å²) in [4.78, 5) is 37.3. The van der Waals surface area contributed by atoms with Crippen molar-refractivity contribution in [2.24, 2.45) is 28.6 Å². The average molecular weight is 348 g/mol. The molecule has 0 N–H and O–H groups in total. The average Bonchev–Trinajstić information content (AvgIpc) is 2.76. The van der Waals surface area contributed by atoms with Crippen LogP contribution < -0.4 is 0 Å². The van der Waals surface area contributed by atoms with Crippen LogP contribution in [-0.2, 0) is 14.4 Å². The number of carbonyl (C=O) groups excluding carboxylic acids is 3.